The summed E-state index contributed by atoms with van der Waals surface area (Å²) in [5.74, 6) is -1.17. The van der Waals surface area contributed by atoms with E-state index < -0.39 is 17.1 Å². The van der Waals surface area contributed by atoms with Gasteiger partial charge in [-0.05, 0) is 12.1 Å². The fraction of sp³-hybridized carbons (Fsp3) is 0.182. The van der Waals surface area contributed by atoms with Crippen LogP contribution in [0.1, 0.15) is 10.4 Å². The second kappa shape index (κ2) is 4.02. The highest BCUT2D eigenvalue weighted by Gasteiger charge is 2.14. The van der Waals surface area contributed by atoms with E-state index in [0.717, 1.165) is 4.68 Å². The molecule has 2 aromatic rings. The van der Waals surface area contributed by atoms with Gasteiger partial charge in [0, 0.05) is 14.1 Å². The molecule has 0 saturated carbocycles. The summed E-state index contributed by atoms with van der Waals surface area (Å²) in [6.45, 7) is 0. The quantitative estimate of drug-likeness (QED) is 0.705. The van der Waals surface area contributed by atoms with Gasteiger partial charge in [0.05, 0.1) is 16.6 Å². The first kappa shape index (κ1) is 11.9. The summed E-state index contributed by atoms with van der Waals surface area (Å²) in [5, 5.41) is 10.5. The Bertz CT molecular complexity index is 742. The number of aromatic carboxylic acids is 1. The van der Waals surface area contributed by atoms with Crippen molar-refractivity contribution < 1.29 is 9.90 Å². The molecule has 2 N–H and O–H groups in total. The fourth-order valence-corrected chi connectivity index (χ4v) is 1.80. The minimum absolute atomic E-state index is 0.0554. The number of para-hydroxylation sites is 1. The molecule has 0 spiro atoms. The molecule has 0 aliphatic rings. The maximum atomic E-state index is 11.7. The van der Waals surface area contributed by atoms with Crippen LogP contribution in [0.5, 0.6) is 0 Å². The van der Waals surface area contributed by atoms with Crippen LogP contribution in [0.15, 0.2) is 27.8 Å². The van der Waals surface area contributed by atoms with E-state index in [0.29, 0.717) is 5.52 Å². The zero-order valence-electron chi connectivity index (χ0n) is 9.80. The summed E-state index contributed by atoms with van der Waals surface area (Å²) < 4.78 is 1.13. The van der Waals surface area contributed by atoms with Gasteiger partial charge in [0.2, 0.25) is 0 Å². The van der Waals surface area contributed by atoms with Crippen LogP contribution in [0.4, 0.5) is 0 Å². The van der Waals surface area contributed by atoms with Gasteiger partial charge in [-0.2, -0.15) is 0 Å². The predicted octanol–water partition coefficient (Wildman–Crippen LogP) is -0.414. The maximum absolute atomic E-state index is 11.7. The van der Waals surface area contributed by atoms with Crippen molar-refractivity contribution in [1.29, 1.82) is 0 Å². The number of carboxylic acids is 1. The van der Waals surface area contributed by atoms with Crippen LogP contribution in [0, 0.1) is 0 Å². The van der Waals surface area contributed by atoms with Crippen molar-refractivity contribution >= 4 is 17.0 Å². The van der Waals surface area contributed by atoms with E-state index in [1.165, 1.54) is 17.1 Å². The minimum Gasteiger partial charge on any atom is -0.478 e. The van der Waals surface area contributed by atoms with Crippen LogP contribution < -0.4 is 16.1 Å². The normalized spacial score (nSPS) is 10.6. The standard InChI is InChI=1S/C11H11N3O4/c1-13(2)14-7-5-3-4-6(11(17)18)8(7)12-9(15)10(14)16/h3-5H,1-2H3,(H,12,15)(H,17,18). The number of carbonyl (C=O) groups is 1. The summed E-state index contributed by atoms with van der Waals surface area (Å²) in [5.41, 5.74) is -1.20. The number of H-pyrrole nitrogens is 1. The molecule has 0 fully saturated rings. The first-order valence-electron chi connectivity index (χ1n) is 5.12. The molecule has 0 aliphatic heterocycles. The molecule has 0 atom stereocenters. The van der Waals surface area contributed by atoms with Gasteiger partial charge >= 0.3 is 17.1 Å². The molecule has 18 heavy (non-hydrogen) atoms. The number of rotatable bonds is 2. The lowest BCUT2D eigenvalue weighted by Gasteiger charge is -2.18. The lowest BCUT2D eigenvalue weighted by atomic mass is 10.2. The van der Waals surface area contributed by atoms with Crippen molar-refractivity contribution in [2.24, 2.45) is 0 Å². The Hall–Kier alpha value is -2.57. The number of carboxylic acid groups (broad SMARTS) is 1. The topological polar surface area (TPSA) is 95.4 Å². The molecule has 7 heteroatoms. The number of nitrogens with zero attached hydrogens (tertiary/aromatic N) is 2. The molecule has 7 nitrogen and oxygen atoms in total. The average molecular weight is 249 g/mol. The fourth-order valence-electron chi connectivity index (χ4n) is 1.80. The van der Waals surface area contributed by atoms with Crippen LogP contribution in [0.2, 0.25) is 0 Å². The lowest BCUT2D eigenvalue weighted by Crippen LogP contribution is -2.44. The number of fused-ring (bicyclic) bond motifs is 1. The van der Waals surface area contributed by atoms with E-state index in [-0.39, 0.29) is 11.1 Å². The molecule has 1 heterocycles. The lowest BCUT2D eigenvalue weighted by molar-refractivity contribution is 0.0699. The Kier molecular flexibility index (Phi) is 2.66. The van der Waals surface area contributed by atoms with E-state index in [1.807, 2.05) is 0 Å². The van der Waals surface area contributed by atoms with E-state index in [4.69, 9.17) is 5.11 Å². The van der Waals surface area contributed by atoms with Crippen molar-refractivity contribution in [2.75, 3.05) is 19.1 Å². The highest BCUT2D eigenvalue weighted by Crippen LogP contribution is 2.13. The van der Waals surface area contributed by atoms with Gasteiger partial charge in [0.1, 0.15) is 0 Å². The summed E-state index contributed by atoms with van der Waals surface area (Å²) in [4.78, 5) is 36.6. The molecular weight excluding hydrogens is 238 g/mol. The van der Waals surface area contributed by atoms with Crippen LogP contribution in [-0.4, -0.2) is 34.8 Å². The van der Waals surface area contributed by atoms with Crippen LogP contribution in [0.3, 0.4) is 0 Å². The van der Waals surface area contributed by atoms with Gasteiger partial charge in [-0.25, -0.2) is 9.47 Å². The smallest absolute Gasteiger partial charge is 0.337 e. The van der Waals surface area contributed by atoms with E-state index in [2.05, 4.69) is 4.98 Å². The number of aromatic amines is 1. The second-order valence-electron chi connectivity index (χ2n) is 3.92. The molecule has 0 saturated heterocycles. The van der Waals surface area contributed by atoms with Crippen molar-refractivity contribution in [3.05, 3.63) is 44.5 Å². The predicted molar refractivity (Wildman–Crippen MR) is 65.9 cm³/mol. The molecule has 0 bridgehead atoms. The molecule has 0 radical (unpaired) electrons. The van der Waals surface area contributed by atoms with Crippen LogP contribution >= 0.6 is 0 Å². The number of hydrogen-bond acceptors (Lipinski definition) is 4. The van der Waals surface area contributed by atoms with E-state index >= 15 is 0 Å². The number of aromatic nitrogens is 2. The Morgan fingerprint density at radius 2 is 2.00 bits per heavy atom. The molecule has 0 unspecified atom stereocenters. The van der Waals surface area contributed by atoms with Crippen LogP contribution in [-0.2, 0) is 0 Å². The van der Waals surface area contributed by atoms with Gasteiger partial charge in [0.15, 0.2) is 0 Å². The molecule has 0 amide bonds. The molecule has 1 aromatic carbocycles. The monoisotopic (exact) mass is 249 g/mol. The zero-order valence-corrected chi connectivity index (χ0v) is 9.80. The van der Waals surface area contributed by atoms with Crippen molar-refractivity contribution in [3.63, 3.8) is 0 Å². The third-order valence-electron chi connectivity index (χ3n) is 2.53. The third kappa shape index (κ3) is 1.65. The minimum atomic E-state index is -1.17. The summed E-state index contributed by atoms with van der Waals surface area (Å²) in [7, 11) is 3.18. The molecule has 2 rings (SSSR count). The van der Waals surface area contributed by atoms with E-state index in [1.54, 1.807) is 20.2 Å². The number of benzene rings is 1. The molecule has 94 valence electrons. The first-order valence-corrected chi connectivity index (χ1v) is 5.12. The Labute approximate surface area is 101 Å². The van der Waals surface area contributed by atoms with Gasteiger partial charge in [-0.15, -0.1) is 0 Å². The van der Waals surface area contributed by atoms with Gasteiger partial charge in [-0.3, -0.25) is 9.59 Å². The Morgan fingerprint density at radius 3 is 2.56 bits per heavy atom. The van der Waals surface area contributed by atoms with Gasteiger partial charge < -0.3 is 15.1 Å². The largest absolute Gasteiger partial charge is 0.478 e. The highest BCUT2D eigenvalue weighted by molar-refractivity contribution is 6.00. The highest BCUT2D eigenvalue weighted by atomic mass is 16.4. The Balaban J connectivity index is 3.05. The van der Waals surface area contributed by atoms with Gasteiger partial charge in [0.25, 0.3) is 0 Å². The average Bonchev–Trinajstić information content (AvgIpc) is 2.29. The molecule has 0 aliphatic carbocycles. The maximum Gasteiger partial charge on any atom is 0.337 e. The summed E-state index contributed by atoms with van der Waals surface area (Å²) >= 11 is 0. The Morgan fingerprint density at radius 1 is 1.33 bits per heavy atom. The third-order valence-corrected chi connectivity index (χ3v) is 2.53. The number of hydrogen-bond donors (Lipinski definition) is 2. The van der Waals surface area contributed by atoms with Crippen LogP contribution in [0.25, 0.3) is 11.0 Å². The zero-order chi connectivity index (χ0) is 13.4. The van der Waals surface area contributed by atoms with Crippen molar-refractivity contribution in [1.82, 2.24) is 9.66 Å². The SMILES string of the molecule is CN(C)n1c(=O)c(=O)[nH]c2c(C(=O)O)cccc21. The van der Waals surface area contributed by atoms with Crippen molar-refractivity contribution in [3.8, 4) is 0 Å². The second-order valence-corrected chi connectivity index (χ2v) is 3.92. The number of nitrogens with one attached hydrogen (secondary N) is 1. The summed E-state index contributed by atoms with van der Waals surface area (Å²) in [6.07, 6.45) is 0. The van der Waals surface area contributed by atoms with Gasteiger partial charge in [-0.1, -0.05) is 6.07 Å². The summed E-state index contributed by atoms with van der Waals surface area (Å²) in [6, 6.07) is 4.45. The first-order chi connectivity index (χ1) is 8.43. The molecular formula is C11H11N3O4. The molecule has 1 aromatic heterocycles. The van der Waals surface area contributed by atoms with E-state index in [9.17, 15) is 14.4 Å². The van der Waals surface area contributed by atoms with Crippen molar-refractivity contribution in [2.45, 2.75) is 0 Å².